The number of pyridine rings is 1. The number of rotatable bonds is 9. The summed E-state index contributed by atoms with van der Waals surface area (Å²) in [5.74, 6) is -2.06. The van der Waals surface area contributed by atoms with Gasteiger partial charge < -0.3 is 21.0 Å². The van der Waals surface area contributed by atoms with E-state index in [0.717, 1.165) is 42.8 Å². The summed E-state index contributed by atoms with van der Waals surface area (Å²) in [5.41, 5.74) is 6.29. The Morgan fingerprint density at radius 2 is 2.16 bits per heavy atom. The van der Waals surface area contributed by atoms with Crippen molar-refractivity contribution in [3.05, 3.63) is 51.9 Å². The van der Waals surface area contributed by atoms with E-state index in [2.05, 4.69) is 24.8 Å². The Balaban J connectivity index is 1.30. The van der Waals surface area contributed by atoms with Gasteiger partial charge in [0.1, 0.15) is 23.2 Å². The number of hydrogen-bond donors (Lipinski definition) is 3. The number of thioether (sulfide) groups is 2. The third-order valence-electron chi connectivity index (χ3n) is 6.04. The maximum atomic E-state index is 13.2. The molecule has 1 unspecified atom stereocenters. The summed E-state index contributed by atoms with van der Waals surface area (Å²) < 4.78 is 4.06. The van der Waals surface area contributed by atoms with Crippen molar-refractivity contribution in [2.75, 3.05) is 11.5 Å². The standard InChI is InChI=1S/C23H23N7O5S3/c24-23-27-18(29-38-23)15(28-35-13-5-1-2-6-13)19(31)26-16-20(32)30-17(22(33)34)14(11-37-21(16)30)36-9-7-12-4-3-8-25-10-12/h3-4,7-10,13,16,21H,1-2,5-6,11H2,(H,26,31)(H,33,34)(H2,24,27,29)/t16?,21-/m0/s1. The molecule has 2 fully saturated rings. The second-order valence-electron chi connectivity index (χ2n) is 8.55. The van der Waals surface area contributed by atoms with Gasteiger partial charge in [-0.3, -0.25) is 19.5 Å². The lowest BCUT2D eigenvalue weighted by Gasteiger charge is -2.49. The minimum atomic E-state index is -1.21. The molecule has 2 atom stereocenters. The molecule has 2 aliphatic heterocycles. The molecule has 1 aliphatic carbocycles. The molecule has 4 heterocycles. The third kappa shape index (κ3) is 5.54. The molecule has 2 aromatic heterocycles. The van der Waals surface area contributed by atoms with Gasteiger partial charge in [0.05, 0.1) is 0 Å². The van der Waals surface area contributed by atoms with Crippen LogP contribution in [0.15, 0.2) is 45.7 Å². The fourth-order valence-electron chi connectivity index (χ4n) is 4.20. The minimum absolute atomic E-state index is 0.00753. The SMILES string of the molecule is Nc1nc(C(=NOC2CCCC2)C(=O)NC2C(=O)N3C(C(=O)O)=C(SC=Cc4cccnc4)CS[C@@H]23)ns1. The molecule has 0 radical (unpaired) electrons. The number of aromatic nitrogens is 3. The number of fused-ring (bicyclic) bond motifs is 1. The molecule has 3 aliphatic rings. The van der Waals surface area contributed by atoms with E-state index in [1.165, 1.54) is 28.4 Å². The van der Waals surface area contributed by atoms with Crippen LogP contribution in [0.2, 0.25) is 0 Å². The van der Waals surface area contributed by atoms with Crippen LogP contribution in [0.1, 0.15) is 37.1 Å². The summed E-state index contributed by atoms with van der Waals surface area (Å²) in [6, 6.07) is 2.74. The number of carbonyl (C=O) groups excluding carboxylic acids is 2. The lowest BCUT2D eigenvalue weighted by atomic mass is 10.0. The molecule has 38 heavy (non-hydrogen) atoms. The van der Waals surface area contributed by atoms with E-state index in [4.69, 9.17) is 10.6 Å². The van der Waals surface area contributed by atoms with Gasteiger partial charge in [-0.25, -0.2) is 4.79 Å². The lowest BCUT2D eigenvalue weighted by Crippen LogP contribution is -2.71. The summed E-state index contributed by atoms with van der Waals surface area (Å²) in [5, 5.41) is 17.9. The second-order valence-corrected chi connectivity index (χ2v) is 11.4. The number of oxime groups is 1. The molecule has 2 amide bonds. The maximum absolute atomic E-state index is 13.2. The van der Waals surface area contributed by atoms with Crippen LogP contribution in [-0.2, 0) is 19.2 Å². The summed E-state index contributed by atoms with van der Waals surface area (Å²) >= 11 is 3.52. The number of hydrogen-bond acceptors (Lipinski definition) is 12. The van der Waals surface area contributed by atoms with Crippen molar-refractivity contribution in [1.29, 1.82) is 0 Å². The number of aliphatic carboxylic acids is 1. The number of β-lactam (4-membered cyclic amide) rings is 1. The fraction of sp³-hybridized carbons (Fsp3) is 0.348. The van der Waals surface area contributed by atoms with E-state index >= 15 is 0 Å². The zero-order valence-electron chi connectivity index (χ0n) is 19.9. The Hall–Kier alpha value is -3.43. The molecular formula is C23H23N7O5S3. The first-order valence-electron chi connectivity index (χ1n) is 11.7. The molecular weight excluding hydrogens is 550 g/mol. The normalized spacial score (nSPS) is 21.9. The highest BCUT2D eigenvalue weighted by molar-refractivity contribution is 8.08. The average molecular weight is 574 g/mol. The van der Waals surface area contributed by atoms with Crippen molar-refractivity contribution in [2.24, 2.45) is 5.16 Å². The molecule has 1 saturated carbocycles. The Kier molecular flexibility index (Phi) is 7.95. The Morgan fingerprint density at radius 1 is 1.34 bits per heavy atom. The quantitative estimate of drug-likeness (QED) is 0.228. The summed E-state index contributed by atoms with van der Waals surface area (Å²) in [6.07, 6.45) is 8.78. The molecule has 0 aromatic carbocycles. The van der Waals surface area contributed by atoms with Crippen molar-refractivity contribution in [3.63, 3.8) is 0 Å². The van der Waals surface area contributed by atoms with Crippen LogP contribution in [-0.4, -0.2) is 71.1 Å². The van der Waals surface area contributed by atoms with E-state index in [9.17, 15) is 19.5 Å². The monoisotopic (exact) mass is 573 g/mol. The highest BCUT2D eigenvalue weighted by Gasteiger charge is 2.54. The number of amides is 2. The van der Waals surface area contributed by atoms with Crippen LogP contribution in [0.5, 0.6) is 0 Å². The summed E-state index contributed by atoms with van der Waals surface area (Å²) in [6.45, 7) is 0. The van der Waals surface area contributed by atoms with Gasteiger partial charge in [0.25, 0.3) is 11.8 Å². The Bertz CT molecular complexity index is 1320. The van der Waals surface area contributed by atoms with Gasteiger partial charge in [0.15, 0.2) is 5.13 Å². The van der Waals surface area contributed by atoms with Gasteiger partial charge in [-0.05, 0) is 48.8 Å². The predicted octanol–water partition coefficient (Wildman–Crippen LogP) is 2.28. The van der Waals surface area contributed by atoms with E-state index in [1.54, 1.807) is 23.9 Å². The molecule has 2 aromatic rings. The zero-order valence-corrected chi connectivity index (χ0v) is 22.3. The van der Waals surface area contributed by atoms with E-state index in [0.29, 0.717) is 10.7 Å². The molecule has 4 N–H and O–H groups in total. The number of carboxylic acid groups (broad SMARTS) is 1. The van der Waals surface area contributed by atoms with Gasteiger partial charge in [-0.2, -0.15) is 9.36 Å². The molecule has 198 valence electrons. The van der Waals surface area contributed by atoms with Crippen molar-refractivity contribution in [1.82, 2.24) is 24.6 Å². The van der Waals surface area contributed by atoms with Gasteiger partial charge in [-0.15, -0.1) is 11.8 Å². The molecule has 15 heteroatoms. The number of nitrogens with two attached hydrogens (primary N) is 1. The number of carbonyl (C=O) groups is 3. The number of anilines is 1. The fourth-order valence-corrected chi connectivity index (χ4v) is 6.99. The average Bonchev–Trinajstić information content (AvgIpc) is 3.59. The van der Waals surface area contributed by atoms with E-state index in [-0.39, 0.29) is 28.5 Å². The largest absolute Gasteiger partial charge is 0.477 e. The Morgan fingerprint density at radius 3 is 2.84 bits per heavy atom. The van der Waals surface area contributed by atoms with Crippen LogP contribution in [0.3, 0.4) is 0 Å². The van der Waals surface area contributed by atoms with E-state index in [1.807, 2.05) is 12.1 Å². The third-order valence-corrected chi connectivity index (χ3v) is 8.94. The van der Waals surface area contributed by atoms with Crippen LogP contribution >= 0.6 is 35.1 Å². The van der Waals surface area contributed by atoms with Crippen molar-refractivity contribution in [3.8, 4) is 0 Å². The molecule has 0 spiro atoms. The molecule has 5 rings (SSSR count). The van der Waals surface area contributed by atoms with Crippen LogP contribution in [0, 0.1) is 0 Å². The first kappa shape index (κ1) is 26.2. The lowest BCUT2D eigenvalue weighted by molar-refractivity contribution is -0.150. The number of nitrogen functional groups attached to an aromatic ring is 1. The highest BCUT2D eigenvalue weighted by Crippen LogP contribution is 2.43. The van der Waals surface area contributed by atoms with Gasteiger partial charge >= 0.3 is 5.97 Å². The number of nitrogens with zero attached hydrogens (tertiary/aromatic N) is 5. The maximum Gasteiger partial charge on any atom is 0.353 e. The van der Waals surface area contributed by atoms with Crippen molar-refractivity contribution >= 4 is 69.8 Å². The zero-order chi connectivity index (χ0) is 26.6. The number of carboxylic acids is 1. The molecule has 0 bridgehead atoms. The first-order chi connectivity index (χ1) is 18.4. The summed E-state index contributed by atoms with van der Waals surface area (Å²) in [4.78, 5) is 53.7. The topological polar surface area (TPSA) is 173 Å². The van der Waals surface area contributed by atoms with Crippen LogP contribution < -0.4 is 11.1 Å². The molecule has 1 saturated heterocycles. The smallest absolute Gasteiger partial charge is 0.353 e. The van der Waals surface area contributed by atoms with E-state index < -0.39 is 29.2 Å². The van der Waals surface area contributed by atoms with Gasteiger partial charge in [-0.1, -0.05) is 23.0 Å². The number of nitrogens with one attached hydrogen (secondary N) is 1. The Labute approximate surface area is 230 Å². The van der Waals surface area contributed by atoms with Gasteiger partial charge in [0, 0.05) is 34.6 Å². The highest BCUT2D eigenvalue weighted by atomic mass is 32.2. The van der Waals surface area contributed by atoms with Gasteiger partial charge in [0.2, 0.25) is 11.5 Å². The predicted molar refractivity (Wildman–Crippen MR) is 145 cm³/mol. The second kappa shape index (κ2) is 11.5. The van der Waals surface area contributed by atoms with Crippen LogP contribution in [0.4, 0.5) is 5.13 Å². The minimum Gasteiger partial charge on any atom is -0.477 e. The van der Waals surface area contributed by atoms with Crippen molar-refractivity contribution < 1.29 is 24.3 Å². The van der Waals surface area contributed by atoms with Crippen LogP contribution in [0.25, 0.3) is 6.08 Å². The first-order valence-corrected chi connectivity index (χ1v) is 14.4. The van der Waals surface area contributed by atoms with Crippen molar-refractivity contribution in [2.45, 2.75) is 43.2 Å². The summed E-state index contributed by atoms with van der Waals surface area (Å²) in [7, 11) is 0. The molecule has 12 nitrogen and oxygen atoms in total.